The largest absolute Gasteiger partial charge is 0.354 e. The lowest BCUT2D eigenvalue weighted by Gasteiger charge is -2.28. The summed E-state index contributed by atoms with van der Waals surface area (Å²) in [4.78, 5) is 6.39. The minimum Gasteiger partial charge on any atom is -0.354 e. The Balaban J connectivity index is 2.00. The van der Waals surface area contributed by atoms with Gasteiger partial charge in [0.2, 0.25) is 0 Å². The highest BCUT2D eigenvalue weighted by molar-refractivity contribution is 5.64. The Bertz CT molecular complexity index is 616. The molecule has 0 aliphatic carbocycles. The van der Waals surface area contributed by atoms with Crippen molar-refractivity contribution >= 4 is 5.82 Å². The van der Waals surface area contributed by atoms with Gasteiger partial charge in [-0.1, -0.05) is 0 Å². The first kappa shape index (κ1) is 13.1. The molecule has 0 bridgehead atoms. The highest BCUT2D eigenvalue weighted by Gasteiger charge is 2.16. The molecule has 0 amide bonds. The van der Waals surface area contributed by atoms with Crippen molar-refractivity contribution in [1.29, 1.82) is 0 Å². The Morgan fingerprint density at radius 2 is 2.00 bits per heavy atom. The number of pyridine rings is 1. The van der Waals surface area contributed by atoms with Crippen LogP contribution in [0, 0.1) is 12.7 Å². The summed E-state index contributed by atoms with van der Waals surface area (Å²) in [5, 5.41) is 7.57. The van der Waals surface area contributed by atoms with E-state index in [0.29, 0.717) is 5.56 Å². The lowest BCUT2D eigenvalue weighted by atomic mass is 10.1. The van der Waals surface area contributed by atoms with Crippen LogP contribution in [0.1, 0.15) is 5.69 Å². The van der Waals surface area contributed by atoms with Crippen LogP contribution >= 0.6 is 0 Å². The van der Waals surface area contributed by atoms with Gasteiger partial charge in [0, 0.05) is 38.8 Å². The van der Waals surface area contributed by atoms with Crippen LogP contribution in [0.25, 0.3) is 11.3 Å². The van der Waals surface area contributed by atoms with E-state index < -0.39 is 0 Å². The molecule has 106 valence electrons. The third kappa shape index (κ3) is 2.38. The van der Waals surface area contributed by atoms with E-state index in [-0.39, 0.29) is 5.82 Å². The van der Waals surface area contributed by atoms with Crippen LogP contribution in [0.2, 0.25) is 0 Å². The Morgan fingerprint density at radius 3 is 2.65 bits per heavy atom. The van der Waals surface area contributed by atoms with E-state index in [9.17, 15) is 4.39 Å². The molecule has 1 aliphatic heterocycles. The summed E-state index contributed by atoms with van der Waals surface area (Å²) >= 11 is 0. The molecule has 0 aromatic carbocycles. The van der Waals surface area contributed by atoms with Crippen molar-refractivity contribution in [3.63, 3.8) is 0 Å². The maximum Gasteiger partial charge on any atom is 0.151 e. The molecule has 1 saturated heterocycles. The lowest BCUT2D eigenvalue weighted by Crippen LogP contribution is -2.43. The van der Waals surface area contributed by atoms with Gasteiger partial charge in [-0.2, -0.15) is 5.10 Å². The molecule has 2 aromatic heterocycles. The van der Waals surface area contributed by atoms with Gasteiger partial charge in [-0.05, 0) is 19.1 Å². The summed E-state index contributed by atoms with van der Waals surface area (Å²) in [6.45, 7) is 5.54. The van der Waals surface area contributed by atoms with Crippen molar-refractivity contribution in [2.75, 3.05) is 31.1 Å². The van der Waals surface area contributed by atoms with Gasteiger partial charge in [0.05, 0.1) is 17.6 Å². The first-order valence-corrected chi connectivity index (χ1v) is 6.77. The molecule has 0 atom stereocenters. The average Bonchev–Trinajstić information content (AvgIpc) is 2.79. The zero-order valence-corrected chi connectivity index (χ0v) is 11.7. The lowest BCUT2D eigenvalue weighted by molar-refractivity contribution is 0.581. The van der Waals surface area contributed by atoms with Crippen molar-refractivity contribution < 1.29 is 4.39 Å². The van der Waals surface area contributed by atoms with Crippen LogP contribution < -0.4 is 10.2 Å². The molecule has 0 saturated carbocycles. The summed E-state index contributed by atoms with van der Waals surface area (Å²) in [5.41, 5.74) is 2.21. The number of aryl methyl sites for hydroxylation is 2. The zero-order valence-electron chi connectivity index (χ0n) is 11.7. The van der Waals surface area contributed by atoms with Crippen molar-refractivity contribution in [2.45, 2.75) is 6.92 Å². The molecule has 6 heteroatoms. The highest BCUT2D eigenvalue weighted by Crippen LogP contribution is 2.26. The molecule has 0 radical (unpaired) electrons. The Kier molecular flexibility index (Phi) is 3.40. The third-order valence-electron chi connectivity index (χ3n) is 3.56. The molecule has 3 heterocycles. The first-order chi connectivity index (χ1) is 9.65. The summed E-state index contributed by atoms with van der Waals surface area (Å²) in [7, 11) is 1.83. The maximum absolute atomic E-state index is 14.1. The number of aromatic nitrogens is 3. The second kappa shape index (κ2) is 5.20. The van der Waals surface area contributed by atoms with Crippen molar-refractivity contribution in [3.8, 4) is 11.3 Å². The van der Waals surface area contributed by atoms with Gasteiger partial charge >= 0.3 is 0 Å². The monoisotopic (exact) mass is 275 g/mol. The van der Waals surface area contributed by atoms with E-state index >= 15 is 0 Å². The number of anilines is 1. The number of hydrogen-bond acceptors (Lipinski definition) is 4. The molecular weight excluding hydrogens is 257 g/mol. The van der Waals surface area contributed by atoms with Crippen LogP contribution in [-0.4, -0.2) is 40.9 Å². The average molecular weight is 275 g/mol. The fourth-order valence-electron chi connectivity index (χ4n) is 2.55. The van der Waals surface area contributed by atoms with Gasteiger partial charge in [0.25, 0.3) is 0 Å². The third-order valence-corrected chi connectivity index (χ3v) is 3.56. The quantitative estimate of drug-likeness (QED) is 0.898. The van der Waals surface area contributed by atoms with Crippen LogP contribution in [0.3, 0.4) is 0 Å². The van der Waals surface area contributed by atoms with E-state index in [1.807, 2.05) is 26.1 Å². The fourth-order valence-corrected chi connectivity index (χ4v) is 2.55. The maximum atomic E-state index is 14.1. The van der Waals surface area contributed by atoms with Crippen LogP contribution in [-0.2, 0) is 7.05 Å². The van der Waals surface area contributed by atoms with Gasteiger partial charge in [0.15, 0.2) is 5.82 Å². The van der Waals surface area contributed by atoms with E-state index in [1.165, 1.54) is 6.20 Å². The zero-order chi connectivity index (χ0) is 14.1. The van der Waals surface area contributed by atoms with E-state index in [4.69, 9.17) is 0 Å². The molecule has 5 nitrogen and oxygen atoms in total. The number of rotatable bonds is 2. The normalized spacial score (nSPS) is 15.7. The van der Waals surface area contributed by atoms with Gasteiger partial charge in [0.1, 0.15) is 5.82 Å². The van der Waals surface area contributed by atoms with Crippen molar-refractivity contribution in [1.82, 2.24) is 20.1 Å². The second-order valence-corrected chi connectivity index (χ2v) is 5.05. The molecule has 1 fully saturated rings. The van der Waals surface area contributed by atoms with Gasteiger partial charge in [-0.3, -0.25) is 4.68 Å². The predicted octanol–water partition coefficient (Wildman–Crippen LogP) is 1.34. The molecular formula is C14H18FN5. The number of hydrogen-bond donors (Lipinski definition) is 1. The minimum atomic E-state index is -0.313. The van der Waals surface area contributed by atoms with Gasteiger partial charge in [-0.15, -0.1) is 0 Å². The summed E-state index contributed by atoms with van der Waals surface area (Å²) in [5.74, 6) is 0.508. The van der Waals surface area contributed by atoms with Crippen LogP contribution in [0.4, 0.5) is 10.2 Å². The van der Waals surface area contributed by atoms with E-state index in [0.717, 1.165) is 43.4 Å². The molecule has 20 heavy (non-hydrogen) atoms. The summed E-state index contributed by atoms with van der Waals surface area (Å²) in [6.07, 6.45) is 1.30. The van der Waals surface area contributed by atoms with E-state index in [1.54, 1.807) is 4.68 Å². The number of nitrogens with zero attached hydrogens (tertiary/aromatic N) is 4. The number of halogens is 1. The Morgan fingerprint density at radius 1 is 1.25 bits per heavy atom. The van der Waals surface area contributed by atoms with Crippen LogP contribution in [0.15, 0.2) is 18.3 Å². The van der Waals surface area contributed by atoms with Crippen LogP contribution in [0.5, 0.6) is 0 Å². The Labute approximate surface area is 117 Å². The first-order valence-electron chi connectivity index (χ1n) is 6.77. The minimum absolute atomic E-state index is 0.313. The molecule has 3 rings (SSSR count). The molecule has 0 unspecified atom stereocenters. The predicted molar refractivity (Wildman–Crippen MR) is 76.2 cm³/mol. The standard InChI is InChI=1S/C14H18FN5/c1-10-7-13(19(2)18-10)11-8-14(17-9-12(11)15)20-5-3-16-4-6-20/h7-9,16H,3-6H2,1-2H3. The SMILES string of the molecule is Cc1cc(-c2cc(N3CCNCC3)ncc2F)n(C)n1. The molecule has 2 aromatic rings. The summed E-state index contributed by atoms with van der Waals surface area (Å²) in [6, 6.07) is 3.71. The van der Waals surface area contributed by atoms with Gasteiger partial charge in [-0.25, -0.2) is 9.37 Å². The number of nitrogens with one attached hydrogen (secondary N) is 1. The fraction of sp³-hybridized carbons (Fsp3) is 0.429. The topological polar surface area (TPSA) is 46.0 Å². The van der Waals surface area contributed by atoms with Crippen molar-refractivity contribution in [2.24, 2.45) is 7.05 Å². The highest BCUT2D eigenvalue weighted by atomic mass is 19.1. The second-order valence-electron chi connectivity index (χ2n) is 5.05. The van der Waals surface area contributed by atoms with E-state index in [2.05, 4.69) is 20.3 Å². The molecule has 1 aliphatic rings. The van der Waals surface area contributed by atoms with Gasteiger partial charge < -0.3 is 10.2 Å². The molecule has 1 N–H and O–H groups in total. The summed E-state index contributed by atoms with van der Waals surface area (Å²) < 4.78 is 15.8. The smallest absolute Gasteiger partial charge is 0.151 e. The Hall–Kier alpha value is -1.95. The van der Waals surface area contributed by atoms with Crippen molar-refractivity contribution in [3.05, 3.63) is 29.8 Å². The molecule has 0 spiro atoms. The number of piperazine rings is 1.